The largest absolute Gasteiger partial charge is 0.367 e. The molecule has 2 aromatic rings. The van der Waals surface area contributed by atoms with Crippen LogP contribution >= 0.6 is 0 Å². The minimum Gasteiger partial charge on any atom is -0.367 e. The summed E-state index contributed by atoms with van der Waals surface area (Å²) in [6.45, 7) is 3.41. The fourth-order valence-electron chi connectivity index (χ4n) is 3.71. The smallest absolute Gasteiger partial charge is 0.0405 e. The molecule has 1 fully saturated rings. The normalized spacial score (nSPS) is 20.8. The first kappa shape index (κ1) is 12.9. The molecule has 1 saturated heterocycles. The number of nitrogens with zero attached hydrogens (tertiary/aromatic N) is 1. The summed E-state index contributed by atoms with van der Waals surface area (Å²) >= 11 is 0. The highest BCUT2D eigenvalue weighted by Crippen LogP contribution is 2.35. The summed E-state index contributed by atoms with van der Waals surface area (Å²) in [5.41, 5.74) is 5.85. The minimum atomic E-state index is 0.710. The number of nitrogens with one attached hydrogen (secondary N) is 1. The Hall–Kier alpha value is -1.80. The molecule has 0 amide bonds. The average Bonchev–Trinajstić information content (AvgIpc) is 2.70. The summed E-state index contributed by atoms with van der Waals surface area (Å²) < 4.78 is 0. The molecule has 2 aromatic carbocycles. The van der Waals surface area contributed by atoms with E-state index in [0.29, 0.717) is 6.04 Å². The van der Waals surface area contributed by atoms with E-state index in [9.17, 15) is 0 Å². The molecule has 1 unspecified atom stereocenters. The molecule has 2 aliphatic heterocycles. The second kappa shape index (κ2) is 5.53. The van der Waals surface area contributed by atoms with Gasteiger partial charge < -0.3 is 10.2 Å². The highest BCUT2D eigenvalue weighted by molar-refractivity contribution is 5.61. The molecule has 0 spiro atoms. The predicted octanol–water partition coefficient (Wildman–Crippen LogP) is 3.00. The second-order valence-electron chi connectivity index (χ2n) is 6.22. The van der Waals surface area contributed by atoms with Crippen LogP contribution < -0.4 is 10.2 Å². The maximum atomic E-state index is 3.52. The van der Waals surface area contributed by atoms with Gasteiger partial charge in [0.15, 0.2) is 0 Å². The molecular formula is C19H22N2. The molecule has 21 heavy (non-hydrogen) atoms. The quantitative estimate of drug-likeness (QED) is 0.908. The molecule has 0 aromatic heterocycles. The minimum absolute atomic E-state index is 0.710. The van der Waals surface area contributed by atoms with Crippen molar-refractivity contribution >= 4 is 5.69 Å². The summed E-state index contributed by atoms with van der Waals surface area (Å²) in [5, 5.41) is 3.52. The Balaban J connectivity index is 1.61. The van der Waals surface area contributed by atoms with Crippen molar-refractivity contribution in [1.29, 1.82) is 0 Å². The van der Waals surface area contributed by atoms with Crippen molar-refractivity contribution in [3.05, 3.63) is 65.2 Å². The third kappa shape index (κ3) is 2.56. The van der Waals surface area contributed by atoms with Gasteiger partial charge in [-0.2, -0.15) is 0 Å². The zero-order valence-corrected chi connectivity index (χ0v) is 12.4. The lowest BCUT2D eigenvalue weighted by Gasteiger charge is -2.24. The molecule has 2 aliphatic rings. The molecule has 0 bridgehead atoms. The zero-order valence-electron chi connectivity index (χ0n) is 12.4. The van der Waals surface area contributed by atoms with Crippen LogP contribution in [0.5, 0.6) is 0 Å². The van der Waals surface area contributed by atoms with Crippen LogP contribution in [-0.4, -0.2) is 25.7 Å². The van der Waals surface area contributed by atoms with Gasteiger partial charge in [-0.3, -0.25) is 0 Å². The van der Waals surface area contributed by atoms with E-state index in [1.54, 1.807) is 5.56 Å². The monoisotopic (exact) mass is 278 g/mol. The SMILES string of the molecule is c1ccc(Cc2ccc3c(c2)N2CCNCCC2C3)cc1. The molecule has 1 N–H and O–H groups in total. The van der Waals surface area contributed by atoms with Crippen LogP contribution in [0.25, 0.3) is 0 Å². The van der Waals surface area contributed by atoms with Crippen LogP contribution in [0.15, 0.2) is 48.5 Å². The molecule has 0 saturated carbocycles. The van der Waals surface area contributed by atoms with Gasteiger partial charge in [0.2, 0.25) is 0 Å². The zero-order chi connectivity index (χ0) is 14.1. The number of hydrogen-bond donors (Lipinski definition) is 1. The topological polar surface area (TPSA) is 15.3 Å². The summed E-state index contributed by atoms with van der Waals surface area (Å²) in [6, 6.07) is 18.6. The van der Waals surface area contributed by atoms with Crippen molar-refractivity contribution in [1.82, 2.24) is 5.32 Å². The standard InChI is InChI=1S/C19H22N2/c1-2-4-15(5-3-1)12-16-6-7-17-14-18-8-9-20-10-11-21(18)19(17)13-16/h1-7,13,18,20H,8-12,14H2. The average molecular weight is 278 g/mol. The molecule has 108 valence electrons. The van der Waals surface area contributed by atoms with E-state index >= 15 is 0 Å². The van der Waals surface area contributed by atoms with Crippen molar-refractivity contribution in [3.8, 4) is 0 Å². The second-order valence-corrected chi connectivity index (χ2v) is 6.22. The van der Waals surface area contributed by atoms with Gasteiger partial charge in [-0.15, -0.1) is 0 Å². The van der Waals surface area contributed by atoms with Crippen LogP contribution in [0.4, 0.5) is 5.69 Å². The van der Waals surface area contributed by atoms with E-state index in [1.807, 2.05) is 0 Å². The van der Waals surface area contributed by atoms with Crippen molar-refractivity contribution in [2.24, 2.45) is 0 Å². The number of rotatable bonds is 2. The van der Waals surface area contributed by atoms with E-state index in [2.05, 4.69) is 58.7 Å². The first-order valence-corrected chi connectivity index (χ1v) is 8.03. The fourth-order valence-corrected chi connectivity index (χ4v) is 3.71. The lowest BCUT2D eigenvalue weighted by Crippen LogP contribution is -2.32. The van der Waals surface area contributed by atoms with Crippen LogP contribution in [0, 0.1) is 0 Å². The Morgan fingerprint density at radius 1 is 1.00 bits per heavy atom. The van der Waals surface area contributed by atoms with E-state index in [-0.39, 0.29) is 0 Å². The number of fused-ring (bicyclic) bond motifs is 3. The van der Waals surface area contributed by atoms with Crippen molar-refractivity contribution < 1.29 is 0 Å². The Morgan fingerprint density at radius 2 is 1.90 bits per heavy atom. The molecule has 2 nitrogen and oxygen atoms in total. The lowest BCUT2D eigenvalue weighted by molar-refractivity contribution is 0.612. The van der Waals surface area contributed by atoms with Crippen molar-refractivity contribution in [3.63, 3.8) is 0 Å². The highest BCUT2D eigenvalue weighted by Gasteiger charge is 2.29. The molecular weight excluding hydrogens is 256 g/mol. The molecule has 0 radical (unpaired) electrons. The van der Waals surface area contributed by atoms with Gasteiger partial charge in [0, 0.05) is 24.8 Å². The van der Waals surface area contributed by atoms with Gasteiger partial charge in [0.05, 0.1) is 0 Å². The number of benzene rings is 2. The van der Waals surface area contributed by atoms with Gasteiger partial charge in [-0.05, 0) is 48.6 Å². The Morgan fingerprint density at radius 3 is 2.81 bits per heavy atom. The van der Waals surface area contributed by atoms with E-state index in [0.717, 1.165) is 26.1 Å². The van der Waals surface area contributed by atoms with Crippen LogP contribution in [-0.2, 0) is 12.8 Å². The maximum absolute atomic E-state index is 3.52. The van der Waals surface area contributed by atoms with E-state index in [4.69, 9.17) is 0 Å². The molecule has 4 rings (SSSR count). The van der Waals surface area contributed by atoms with Crippen LogP contribution in [0.1, 0.15) is 23.1 Å². The molecule has 2 heterocycles. The van der Waals surface area contributed by atoms with Gasteiger partial charge in [-0.1, -0.05) is 42.5 Å². The lowest BCUT2D eigenvalue weighted by atomic mass is 10.0. The summed E-state index contributed by atoms with van der Waals surface area (Å²) in [5.74, 6) is 0. The first-order valence-electron chi connectivity index (χ1n) is 8.03. The predicted molar refractivity (Wildman–Crippen MR) is 88.0 cm³/mol. The maximum Gasteiger partial charge on any atom is 0.0405 e. The third-order valence-corrected chi connectivity index (χ3v) is 4.79. The van der Waals surface area contributed by atoms with E-state index < -0.39 is 0 Å². The van der Waals surface area contributed by atoms with Crippen LogP contribution in [0.3, 0.4) is 0 Å². The van der Waals surface area contributed by atoms with Crippen LogP contribution in [0.2, 0.25) is 0 Å². The highest BCUT2D eigenvalue weighted by atomic mass is 15.2. The van der Waals surface area contributed by atoms with Crippen molar-refractivity contribution in [2.75, 3.05) is 24.5 Å². The molecule has 0 aliphatic carbocycles. The Bertz CT molecular complexity index is 621. The third-order valence-electron chi connectivity index (χ3n) is 4.79. The molecule has 2 heteroatoms. The Labute approximate surface area is 126 Å². The summed E-state index contributed by atoms with van der Waals surface area (Å²) in [4.78, 5) is 2.63. The summed E-state index contributed by atoms with van der Waals surface area (Å²) in [6.07, 6.45) is 3.52. The fraction of sp³-hybridized carbons (Fsp3) is 0.368. The van der Waals surface area contributed by atoms with E-state index in [1.165, 1.54) is 29.7 Å². The summed E-state index contributed by atoms with van der Waals surface area (Å²) in [7, 11) is 0. The number of anilines is 1. The first-order chi connectivity index (χ1) is 10.4. The van der Waals surface area contributed by atoms with Gasteiger partial charge >= 0.3 is 0 Å². The number of hydrogen-bond acceptors (Lipinski definition) is 2. The van der Waals surface area contributed by atoms with Gasteiger partial charge in [0.1, 0.15) is 0 Å². The Kier molecular flexibility index (Phi) is 3.40. The van der Waals surface area contributed by atoms with Gasteiger partial charge in [0.25, 0.3) is 0 Å². The van der Waals surface area contributed by atoms with Gasteiger partial charge in [-0.25, -0.2) is 0 Å². The van der Waals surface area contributed by atoms with Crippen molar-refractivity contribution in [2.45, 2.75) is 25.3 Å². The molecule has 1 atom stereocenters.